The van der Waals surface area contributed by atoms with E-state index in [1.807, 2.05) is 37.2 Å². The van der Waals surface area contributed by atoms with Crippen LogP contribution in [0.4, 0.5) is 13.2 Å². The largest absolute Gasteiger partial charge is 0.478 e. The Morgan fingerprint density at radius 2 is 1.81 bits per heavy atom. The Morgan fingerprint density at radius 3 is 2.42 bits per heavy atom. The number of fused-ring (bicyclic) bond motifs is 1. The van der Waals surface area contributed by atoms with Crippen LogP contribution in [0, 0.1) is 0 Å². The monoisotopic (exact) mass is 362 g/mol. The molecule has 0 bridgehead atoms. The standard InChI is InChI=1S/C19H17F3N2O2/c1-23(2)11-14-9-12-5-3-4-6-16(12)24(14)17-8-7-13(18(25)26)10-15(17)19(20,21)22/h3-10H,11H2,1-2H3,(H,25,26). The van der Waals surface area contributed by atoms with Gasteiger partial charge in [-0.2, -0.15) is 13.2 Å². The second kappa shape index (κ2) is 6.49. The molecule has 0 aliphatic rings. The average molecular weight is 362 g/mol. The van der Waals surface area contributed by atoms with Crippen LogP contribution in [0.5, 0.6) is 0 Å². The van der Waals surface area contributed by atoms with Crippen LogP contribution < -0.4 is 0 Å². The van der Waals surface area contributed by atoms with Gasteiger partial charge < -0.3 is 14.6 Å². The first kappa shape index (κ1) is 18.0. The van der Waals surface area contributed by atoms with Gasteiger partial charge in [-0.3, -0.25) is 0 Å². The van der Waals surface area contributed by atoms with Gasteiger partial charge in [-0.05, 0) is 44.4 Å². The number of carboxylic acid groups (broad SMARTS) is 1. The highest BCUT2D eigenvalue weighted by atomic mass is 19.4. The minimum absolute atomic E-state index is 0.0828. The number of benzene rings is 2. The Labute approximate surface area is 148 Å². The number of aromatic carboxylic acids is 1. The van der Waals surface area contributed by atoms with Crippen molar-refractivity contribution < 1.29 is 23.1 Å². The van der Waals surface area contributed by atoms with Gasteiger partial charge in [0.05, 0.1) is 22.3 Å². The summed E-state index contributed by atoms with van der Waals surface area (Å²) in [6.45, 7) is 0.437. The third-order valence-electron chi connectivity index (χ3n) is 4.06. The van der Waals surface area contributed by atoms with E-state index in [1.165, 1.54) is 12.1 Å². The number of hydrogen-bond donors (Lipinski definition) is 1. The van der Waals surface area contributed by atoms with E-state index in [1.54, 1.807) is 16.7 Å². The van der Waals surface area contributed by atoms with E-state index in [0.29, 0.717) is 23.8 Å². The number of hydrogen-bond acceptors (Lipinski definition) is 2. The van der Waals surface area contributed by atoms with Crippen molar-refractivity contribution in [1.82, 2.24) is 9.47 Å². The van der Waals surface area contributed by atoms with Crippen molar-refractivity contribution in [3.05, 3.63) is 65.4 Å². The van der Waals surface area contributed by atoms with E-state index in [-0.39, 0.29) is 5.69 Å². The molecule has 0 aliphatic carbocycles. The number of alkyl halides is 3. The van der Waals surface area contributed by atoms with Crippen molar-refractivity contribution in [1.29, 1.82) is 0 Å². The lowest BCUT2D eigenvalue weighted by molar-refractivity contribution is -0.137. The van der Waals surface area contributed by atoms with Crippen LogP contribution in [-0.2, 0) is 12.7 Å². The summed E-state index contributed by atoms with van der Waals surface area (Å²) >= 11 is 0. The number of carboxylic acids is 1. The molecule has 7 heteroatoms. The summed E-state index contributed by atoms with van der Waals surface area (Å²) in [4.78, 5) is 13.0. The van der Waals surface area contributed by atoms with Gasteiger partial charge in [-0.1, -0.05) is 18.2 Å². The van der Waals surface area contributed by atoms with Crippen LogP contribution in [0.15, 0.2) is 48.5 Å². The zero-order valence-corrected chi connectivity index (χ0v) is 14.2. The Hall–Kier alpha value is -2.80. The fourth-order valence-corrected chi connectivity index (χ4v) is 3.03. The van der Waals surface area contributed by atoms with Crippen molar-refractivity contribution in [2.75, 3.05) is 14.1 Å². The van der Waals surface area contributed by atoms with Gasteiger partial charge >= 0.3 is 12.1 Å². The summed E-state index contributed by atoms with van der Waals surface area (Å²) in [5.74, 6) is -1.40. The SMILES string of the molecule is CN(C)Cc1cc2ccccc2n1-c1ccc(C(=O)O)cc1C(F)(F)F. The van der Waals surface area contributed by atoms with Crippen molar-refractivity contribution in [3.63, 3.8) is 0 Å². The number of para-hydroxylation sites is 1. The molecular formula is C19H17F3N2O2. The smallest absolute Gasteiger partial charge is 0.418 e. The number of aromatic nitrogens is 1. The Morgan fingerprint density at radius 1 is 1.12 bits per heavy atom. The van der Waals surface area contributed by atoms with Gasteiger partial charge in [0.15, 0.2) is 0 Å². The van der Waals surface area contributed by atoms with Gasteiger partial charge in [-0.15, -0.1) is 0 Å². The molecular weight excluding hydrogens is 345 g/mol. The van der Waals surface area contributed by atoms with E-state index in [4.69, 9.17) is 5.11 Å². The first-order valence-corrected chi connectivity index (χ1v) is 7.87. The second-order valence-corrected chi connectivity index (χ2v) is 6.30. The van der Waals surface area contributed by atoms with E-state index in [9.17, 15) is 18.0 Å². The molecule has 1 heterocycles. The highest BCUT2D eigenvalue weighted by molar-refractivity contribution is 5.89. The molecule has 26 heavy (non-hydrogen) atoms. The molecule has 0 spiro atoms. The predicted octanol–water partition coefficient (Wildman–Crippen LogP) is 4.41. The van der Waals surface area contributed by atoms with Crippen LogP contribution >= 0.6 is 0 Å². The second-order valence-electron chi connectivity index (χ2n) is 6.30. The topological polar surface area (TPSA) is 45.5 Å². The minimum Gasteiger partial charge on any atom is -0.478 e. The fraction of sp³-hybridized carbons (Fsp3) is 0.211. The molecule has 0 aliphatic heterocycles. The Kier molecular flexibility index (Phi) is 4.50. The molecule has 0 saturated carbocycles. The summed E-state index contributed by atoms with van der Waals surface area (Å²) in [7, 11) is 3.67. The molecule has 3 rings (SSSR count). The summed E-state index contributed by atoms with van der Waals surface area (Å²) in [5.41, 5.74) is -0.131. The predicted molar refractivity (Wildman–Crippen MR) is 92.6 cm³/mol. The van der Waals surface area contributed by atoms with E-state index < -0.39 is 23.3 Å². The minimum atomic E-state index is -4.68. The van der Waals surface area contributed by atoms with Gasteiger partial charge in [-0.25, -0.2) is 4.79 Å². The number of rotatable bonds is 4. The van der Waals surface area contributed by atoms with Crippen LogP contribution in [0.1, 0.15) is 21.6 Å². The Bertz CT molecular complexity index is 975. The number of carbonyl (C=O) groups is 1. The van der Waals surface area contributed by atoms with Gasteiger partial charge in [0.25, 0.3) is 0 Å². The molecule has 0 amide bonds. The van der Waals surface area contributed by atoms with Crippen molar-refractivity contribution in [2.45, 2.75) is 12.7 Å². The van der Waals surface area contributed by atoms with Crippen LogP contribution in [0.2, 0.25) is 0 Å². The zero-order valence-electron chi connectivity index (χ0n) is 14.2. The highest BCUT2D eigenvalue weighted by Crippen LogP contribution is 2.37. The molecule has 2 aromatic carbocycles. The third-order valence-corrected chi connectivity index (χ3v) is 4.06. The zero-order chi connectivity index (χ0) is 19.1. The molecule has 0 saturated heterocycles. The normalized spacial score (nSPS) is 12.1. The van der Waals surface area contributed by atoms with E-state index in [2.05, 4.69) is 0 Å². The summed E-state index contributed by atoms with van der Waals surface area (Å²) in [5, 5.41) is 9.88. The van der Waals surface area contributed by atoms with Crippen molar-refractivity contribution >= 4 is 16.9 Å². The molecule has 1 aromatic heterocycles. The van der Waals surface area contributed by atoms with Crippen molar-refractivity contribution in [2.24, 2.45) is 0 Å². The summed E-state index contributed by atoms with van der Waals surface area (Å²) in [6.07, 6.45) is -4.68. The van der Waals surface area contributed by atoms with Crippen LogP contribution in [0.3, 0.4) is 0 Å². The first-order valence-electron chi connectivity index (χ1n) is 7.87. The molecule has 0 atom stereocenters. The average Bonchev–Trinajstić information content (AvgIpc) is 2.90. The lowest BCUT2D eigenvalue weighted by atomic mass is 10.1. The Balaban J connectivity index is 2.34. The van der Waals surface area contributed by atoms with E-state index in [0.717, 1.165) is 5.39 Å². The highest BCUT2D eigenvalue weighted by Gasteiger charge is 2.35. The van der Waals surface area contributed by atoms with Gasteiger partial charge in [0.2, 0.25) is 0 Å². The maximum atomic E-state index is 13.7. The maximum absolute atomic E-state index is 13.7. The van der Waals surface area contributed by atoms with Gasteiger partial charge in [0, 0.05) is 17.6 Å². The van der Waals surface area contributed by atoms with Gasteiger partial charge in [0.1, 0.15) is 0 Å². The van der Waals surface area contributed by atoms with Crippen molar-refractivity contribution in [3.8, 4) is 5.69 Å². The number of nitrogens with zero attached hydrogens (tertiary/aromatic N) is 2. The quantitative estimate of drug-likeness (QED) is 0.748. The molecule has 0 radical (unpaired) electrons. The third kappa shape index (κ3) is 3.30. The summed E-state index contributed by atoms with van der Waals surface area (Å²) < 4.78 is 42.5. The molecule has 0 unspecified atom stereocenters. The lowest BCUT2D eigenvalue weighted by Crippen LogP contribution is -2.17. The number of halogens is 3. The first-order chi connectivity index (χ1) is 12.2. The maximum Gasteiger partial charge on any atom is 0.418 e. The molecule has 0 fully saturated rings. The molecule has 4 nitrogen and oxygen atoms in total. The fourth-order valence-electron chi connectivity index (χ4n) is 3.03. The molecule has 1 N–H and O–H groups in total. The van der Waals surface area contributed by atoms with E-state index >= 15 is 0 Å². The van der Waals surface area contributed by atoms with Crippen LogP contribution in [-0.4, -0.2) is 34.6 Å². The lowest BCUT2D eigenvalue weighted by Gasteiger charge is -2.19. The summed E-state index contributed by atoms with van der Waals surface area (Å²) in [6, 6.07) is 12.1. The molecule has 3 aromatic rings. The molecule has 136 valence electrons. The van der Waals surface area contributed by atoms with Crippen LogP contribution in [0.25, 0.3) is 16.6 Å².